The summed E-state index contributed by atoms with van der Waals surface area (Å²) in [6.07, 6.45) is 3.13. The molecule has 1 aliphatic heterocycles. The molecular formula is C3H8Cl2N2O. The zero-order valence-electron chi connectivity index (χ0n) is 4.03. The van der Waals surface area contributed by atoms with Crippen molar-refractivity contribution in [1.29, 1.82) is 0 Å². The molecule has 1 atom stereocenters. The molecule has 0 saturated carbocycles. The van der Waals surface area contributed by atoms with E-state index in [0.717, 1.165) is 0 Å². The number of halogens is 2. The molecule has 1 aliphatic rings. The van der Waals surface area contributed by atoms with Crippen LogP contribution >= 0.6 is 24.8 Å². The maximum Gasteiger partial charge on any atom is 0.111 e. The lowest BCUT2D eigenvalue weighted by molar-refractivity contribution is 0.143. The van der Waals surface area contributed by atoms with Crippen molar-refractivity contribution < 1.29 is 4.84 Å². The standard InChI is InChI=1S/C3H6N2O.2ClH/c4-3-1-2-6-5-3;;/h1-3,5H,4H2;2*1H. The van der Waals surface area contributed by atoms with Crippen LogP contribution in [0.2, 0.25) is 0 Å². The maximum absolute atomic E-state index is 5.21. The van der Waals surface area contributed by atoms with Crippen LogP contribution in [0, 0.1) is 0 Å². The van der Waals surface area contributed by atoms with Crippen LogP contribution in [0.3, 0.4) is 0 Å². The Morgan fingerprint density at radius 2 is 2.12 bits per heavy atom. The van der Waals surface area contributed by atoms with E-state index in [2.05, 4.69) is 10.3 Å². The first-order valence-electron chi connectivity index (χ1n) is 1.73. The summed E-state index contributed by atoms with van der Waals surface area (Å²) in [5.74, 6) is 0. The third-order valence-corrected chi connectivity index (χ3v) is 0.558. The van der Waals surface area contributed by atoms with Gasteiger partial charge in [-0.3, -0.25) is 0 Å². The van der Waals surface area contributed by atoms with Gasteiger partial charge in [0.25, 0.3) is 0 Å². The molecule has 1 heterocycles. The van der Waals surface area contributed by atoms with E-state index in [1.807, 2.05) is 0 Å². The van der Waals surface area contributed by atoms with Gasteiger partial charge in [0, 0.05) is 0 Å². The topological polar surface area (TPSA) is 47.3 Å². The number of nitrogens with two attached hydrogens (primary N) is 1. The number of rotatable bonds is 0. The van der Waals surface area contributed by atoms with Gasteiger partial charge in [0.1, 0.15) is 12.4 Å². The van der Waals surface area contributed by atoms with E-state index >= 15 is 0 Å². The van der Waals surface area contributed by atoms with Crippen LogP contribution in [0.25, 0.3) is 0 Å². The van der Waals surface area contributed by atoms with Crippen LogP contribution in [-0.4, -0.2) is 6.17 Å². The first-order valence-corrected chi connectivity index (χ1v) is 1.73. The summed E-state index contributed by atoms with van der Waals surface area (Å²) in [6.45, 7) is 0. The van der Waals surface area contributed by atoms with Crippen LogP contribution < -0.4 is 11.2 Å². The van der Waals surface area contributed by atoms with E-state index < -0.39 is 0 Å². The molecule has 0 aromatic carbocycles. The second-order valence-electron chi connectivity index (χ2n) is 1.09. The fourth-order valence-corrected chi connectivity index (χ4v) is 0.281. The van der Waals surface area contributed by atoms with Crippen molar-refractivity contribution in [2.75, 3.05) is 0 Å². The number of hydrogen-bond donors (Lipinski definition) is 2. The Balaban J connectivity index is 0. The van der Waals surface area contributed by atoms with E-state index in [1.165, 1.54) is 6.26 Å². The smallest absolute Gasteiger partial charge is 0.111 e. The largest absolute Gasteiger partial charge is 0.415 e. The molecule has 0 aromatic rings. The lowest BCUT2D eigenvalue weighted by Crippen LogP contribution is -2.29. The third kappa shape index (κ3) is 3.10. The Bertz CT molecular complexity index is 77.7. The van der Waals surface area contributed by atoms with Crippen LogP contribution in [-0.2, 0) is 4.84 Å². The molecule has 0 amide bonds. The summed E-state index contributed by atoms with van der Waals surface area (Å²) in [5, 5.41) is 0. The SMILES string of the molecule is Cl.Cl.NC1C=CON1. The number of hydroxylamine groups is 1. The Morgan fingerprint density at radius 3 is 2.25 bits per heavy atom. The van der Waals surface area contributed by atoms with Crippen LogP contribution in [0.4, 0.5) is 0 Å². The highest BCUT2D eigenvalue weighted by Gasteiger charge is 1.98. The van der Waals surface area contributed by atoms with Crippen molar-refractivity contribution in [3.05, 3.63) is 12.3 Å². The minimum atomic E-state index is -0.106. The zero-order chi connectivity index (χ0) is 4.41. The molecule has 3 N–H and O–H groups in total. The first-order chi connectivity index (χ1) is 2.89. The highest BCUT2D eigenvalue weighted by molar-refractivity contribution is 5.85. The van der Waals surface area contributed by atoms with Gasteiger partial charge in [-0.15, -0.1) is 30.3 Å². The van der Waals surface area contributed by atoms with Crippen LogP contribution in [0.5, 0.6) is 0 Å². The Hall–Kier alpha value is 0.0400. The quantitative estimate of drug-likeness (QED) is 0.529. The highest BCUT2D eigenvalue weighted by Crippen LogP contribution is 1.85. The molecule has 0 saturated heterocycles. The summed E-state index contributed by atoms with van der Waals surface area (Å²) < 4.78 is 0. The predicted octanol–water partition coefficient (Wildman–Crippen LogP) is 0.163. The van der Waals surface area contributed by atoms with Crippen molar-refractivity contribution >= 4 is 24.8 Å². The van der Waals surface area contributed by atoms with Gasteiger partial charge in [-0.25, -0.2) is 0 Å². The van der Waals surface area contributed by atoms with Crippen molar-refractivity contribution in [3.63, 3.8) is 0 Å². The second kappa shape index (κ2) is 5.18. The van der Waals surface area contributed by atoms with E-state index in [4.69, 9.17) is 5.73 Å². The lowest BCUT2D eigenvalue weighted by atomic mass is 10.5. The lowest BCUT2D eigenvalue weighted by Gasteiger charge is -1.94. The van der Waals surface area contributed by atoms with Crippen LogP contribution in [0.15, 0.2) is 12.3 Å². The molecule has 0 spiro atoms. The molecule has 1 unspecified atom stereocenters. The van der Waals surface area contributed by atoms with E-state index in [9.17, 15) is 0 Å². The van der Waals surface area contributed by atoms with E-state index in [1.54, 1.807) is 6.08 Å². The molecule has 5 heteroatoms. The van der Waals surface area contributed by atoms with Crippen molar-refractivity contribution in [2.24, 2.45) is 5.73 Å². The average Bonchev–Trinajstić information content (AvgIpc) is 1.86. The molecule has 8 heavy (non-hydrogen) atoms. The van der Waals surface area contributed by atoms with Crippen molar-refractivity contribution in [1.82, 2.24) is 5.48 Å². The maximum atomic E-state index is 5.21. The molecule has 3 nitrogen and oxygen atoms in total. The average molecular weight is 159 g/mol. The van der Waals surface area contributed by atoms with Gasteiger partial charge in [0.15, 0.2) is 0 Å². The van der Waals surface area contributed by atoms with Gasteiger partial charge in [-0.2, -0.15) is 0 Å². The fraction of sp³-hybridized carbons (Fsp3) is 0.333. The molecule has 0 fully saturated rings. The molecule has 50 valence electrons. The summed E-state index contributed by atoms with van der Waals surface area (Å²) in [4.78, 5) is 4.50. The second-order valence-corrected chi connectivity index (χ2v) is 1.09. The molecule has 1 rings (SSSR count). The minimum absolute atomic E-state index is 0. The van der Waals surface area contributed by atoms with Gasteiger partial charge in [-0.1, -0.05) is 0 Å². The van der Waals surface area contributed by atoms with Gasteiger partial charge in [0.2, 0.25) is 0 Å². The zero-order valence-corrected chi connectivity index (χ0v) is 5.67. The Labute approximate surface area is 60.0 Å². The molecular weight excluding hydrogens is 151 g/mol. The van der Waals surface area contributed by atoms with Gasteiger partial charge >= 0.3 is 0 Å². The normalized spacial score (nSPS) is 22.9. The monoisotopic (exact) mass is 158 g/mol. The Morgan fingerprint density at radius 1 is 1.50 bits per heavy atom. The third-order valence-electron chi connectivity index (χ3n) is 0.558. The molecule has 0 aliphatic carbocycles. The summed E-state index contributed by atoms with van der Waals surface area (Å²) in [5.41, 5.74) is 7.70. The van der Waals surface area contributed by atoms with Crippen molar-refractivity contribution in [3.8, 4) is 0 Å². The molecule has 0 bridgehead atoms. The van der Waals surface area contributed by atoms with Crippen molar-refractivity contribution in [2.45, 2.75) is 6.17 Å². The Kier molecular flexibility index (Phi) is 7.08. The van der Waals surface area contributed by atoms with Gasteiger partial charge in [-0.05, 0) is 6.08 Å². The first kappa shape index (κ1) is 10.9. The summed E-state index contributed by atoms with van der Waals surface area (Å²) in [6, 6.07) is 0. The van der Waals surface area contributed by atoms with E-state index in [0.29, 0.717) is 0 Å². The molecule has 0 aromatic heterocycles. The summed E-state index contributed by atoms with van der Waals surface area (Å²) in [7, 11) is 0. The fourth-order valence-electron chi connectivity index (χ4n) is 0.281. The predicted molar refractivity (Wildman–Crippen MR) is 35.8 cm³/mol. The highest BCUT2D eigenvalue weighted by atomic mass is 35.5. The van der Waals surface area contributed by atoms with Crippen LogP contribution in [0.1, 0.15) is 0 Å². The molecule has 0 radical (unpaired) electrons. The van der Waals surface area contributed by atoms with Gasteiger partial charge in [0.05, 0.1) is 0 Å². The summed E-state index contributed by atoms with van der Waals surface area (Å²) >= 11 is 0. The number of hydrogen-bond acceptors (Lipinski definition) is 3. The van der Waals surface area contributed by atoms with E-state index in [-0.39, 0.29) is 31.0 Å². The number of nitrogens with one attached hydrogen (secondary N) is 1. The van der Waals surface area contributed by atoms with Gasteiger partial charge < -0.3 is 10.6 Å². The minimum Gasteiger partial charge on any atom is -0.415 e.